The van der Waals surface area contributed by atoms with Crippen LogP contribution in [-0.4, -0.2) is 29.6 Å². The molecule has 19 heavy (non-hydrogen) atoms. The zero-order valence-electron chi connectivity index (χ0n) is 10.6. The van der Waals surface area contributed by atoms with Gasteiger partial charge in [-0.3, -0.25) is 9.59 Å². The van der Waals surface area contributed by atoms with E-state index in [1.54, 1.807) is 18.2 Å². The van der Waals surface area contributed by atoms with Crippen molar-refractivity contribution in [3.05, 3.63) is 40.4 Å². The van der Waals surface area contributed by atoms with Gasteiger partial charge < -0.3 is 15.0 Å². The molecule has 2 N–H and O–H groups in total. The second-order valence-corrected chi connectivity index (χ2v) is 4.03. The van der Waals surface area contributed by atoms with Crippen molar-refractivity contribution in [1.82, 2.24) is 15.3 Å². The fourth-order valence-electron chi connectivity index (χ4n) is 1.72. The van der Waals surface area contributed by atoms with E-state index in [9.17, 15) is 9.59 Å². The van der Waals surface area contributed by atoms with E-state index in [1.165, 1.54) is 7.11 Å². The summed E-state index contributed by atoms with van der Waals surface area (Å²) in [4.78, 5) is 29.8. The van der Waals surface area contributed by atoms with Gasteiger partial charge in [0.15, 0.2) is 0 Å². The number of nitrogens with zero attached hydrogens (tertiary/aromatic N) is 1. The minimum Gasteiger partial charge on any atom is -0.469 e. The molecule has 0 bridgehead atoms. The number of hydrogen-bond donors (Lipinski definition) is 2. The minimum absolute atomic E-state index is 0.157. The van der Waals surface area contributed by atoms with Gasteiger partial charge in [-0.15, -0.1) is 0 Å². The summed E-state index contributed by atoms with van der Waals surface area (Å²) < 4.78 is 4.53. The third-order valence-corrected chi connectivity index (χ3v) is 2.69. The Morgan fingerprint density at radius 2 is 2.21 bits per heavy atom. The van der Waals surface area contributed by atoms with Crippen LogP contribution in [0.5, 0.6) is 0 Å². The van der Waals surface area contributed by atoms with Crippen molar-refractivity contribution in [3.8, 4) is 0 Å². The van der Waals surface area contributed by atoms with Crippen LogP contribution in [0.4, 0.5) is 0 Å². The minimum atomic E-state index is -0.271. The number of para-hydroxylation sites is 1. The van der Waals surface area contributed by atoms with E-state index >= 15 is 0 Å². The number of rotatable bonds is 5. The van der Waals surface area contributed by atoms with Gasteiger partial charge in [-0.25, -0.2) is 4.98 Å². The SMILES string of the molecule is COC(=O)CCNCc1nc2ccccc2c(=O)[nH]1. The molecule has 6 nitrogen and oxygen atoms in total. The van der Waals surface area contributed by atoms with E-state index in [1.807, 2.05) is 6.07 Å². The summed E-state index contributed by atoms with van der Waals surface area (Å²) in [6.45, 7) is 0.875. The van der Waals surface area contributed by atoms with Gasteiger partial charge in [0.2, 0.25) is 0 Å². The molecule has 0 aliphatic carbocycles. The summed E-state index contributed by atoms with van der Waals surface area (Å²) in [6.07, 6.45) is 0.286. The van der Waals surface area contributed by atoms with Gasteiger partial charge in [-0.05, 0) is 12.1 Å². The van der Waals surface area contributed by atoms with Crippen molar-refractivity contribution in [3.63, 3.8) is 0 Å². The molecule has 0 fully saturated rings. The molecule has 0 unspecified atom stereocenters. The molecule has 0 aliphatic rings. The van der Waals surface area contributed by atoms with Crippen molar-refractivity contribution >= 4 is 16.9 Å². The summed E-state index contributed by atoms with van der Waals surface area (Å²) >= 11 is 0. The van der Waals surface area contributed by atoms with Crippen molar-refractivity contribution in [1.29, 1.82) is 0 Å². The number of aromatic nitrogens is 2. The highest BCUT2D eigenvalue weighted by Gasteiger charge is 2.03. The summed E-state index contributed by atoms with van der Waals surface area (Å²) in [5, 5.41) is 3.60. The molecule has 0 amide bonds. The first-order valence-electron chi connectivity index (χ1n) is 5.96. The number of esters is 1. The molecule has 0 atom stereocenters. The number of carbonyl (C=O) groups is 1. The number of aromatic amines is 1. The second kappa shape index (κ2) is 6.10. The summed E-state index contributed by atoms with van der Waals surface area (Å²) in [7, 11) is 1.35. The van der Waals surface area contributed by atoms with E-state index in [-0.39, 0.29) is 17.9 Å². The number of benzene rings is 1. The second-order valence-electron chi connectivity index (χ2n) is 4.03. The molecule has 0 saturated carbocycles. The first-order valence-corrected chi connectivity index (χ1v) is 5.96. The van der Waals surface area contributed by atoms with Crippen LogP contribution in [0.1, 0.15) is 12.2 Å². The van der Waals surface area contributed by atoms with Crippen LogP contribution in [0.25, 0.3) is 10.9 Å². The van der Waals surface area contributed by atoms with Crippen molar-refractivity contribution in [2.45, 2.75) is 13.0 Å². The highest BCUT2D eigenvalue weighted by Crippen LogP contribution is 2.05. The fraction of sp³-hybridized carbons (Fsp3) is 0.308. The molecule has 0 saturated heterocycles. The van der Waals surface area contributed by atoms with E-state index in [4.69, 9.17) is 0 Å². The number of carbonyl (C=O) groups excluding carboxylic acids is 1. The lowest BCUT2D eigenvalue weighted by molar-refractivity contribution is -0.140. The van der Waals surface area contributed by atoms with E-state index in [0.717, 1.165) is 0 Å². The molecule has 0 radical (unpaired) electrons. The fourth-order valence-corrected chi connectivity index (χ4v) is 1.72. The Morgan fingerprint density at radius 3 is 3.00 bits per heavy atom. The Kier molecular flexibility index (Phi) is 4.25. The zero-order valence-corrected chi connectivity index (χ0v) is 10.6. The van der Waals surface area contributed by atoms with Gasteiger partial charge >= 0.3 is 5.97 Å². The Labute approximate surface area is 109 Å². The number of methoxy groups -OCH3 is 1. The predicted octanol–water partition coefficient (Wildman–Crippen LogP) is 0.576. The number of H-pyrrole nitrogens is 1. The number of fused-ring (bicyclic) bond motifs is 1. The normalized spacial score (nSPS) is 10.6. The Bertz CT molecular complexity index is 636. The van der Waals surface area contributed by atoms with Crippen LogP contribution in [-0.2, 0) is 16.1 Å². The Balaban J connectivity index is 2.02. The van der Waals surface area contributed by atoms with Crippen LogP contribution in [0.2, 0.25) is 0 Å². The van der Waals surface area contributed by atoms with Crippen molar-refractivity contribution in [2.75, 3.05) is 13.7 Å². The number of nitrogens with one attached hydrogen (secondary N) is 2. The molecule has 2 rings (SSSR count). The maximum Gasteiger partial charge on any atom is 0.306 e. The predicted molar refractivity (Wildman–Crippen MR) is 70.7 cm³/mol. The molecule has 2 aromatic rings. The maximum absolute atomic E-state index is 11.8. The lowest BCUT2D eigenvalue weighted by atomic mass is 10.2. The monoisotopic (exact) mass is 261 g/mol. The van der Waals surface area contributed by atoms with Crippen molar-refractivity contribution < 1.29 is 9.53 Å². The number of hydrogen-bond acceptors (Lipinski definition) is 5. The first-order chi connectivity index (χ1) is 9.20. The average Bonchev–Trinajstić information content (AvgIpc) is 2.43. The Morgan fingerprint density at radius 1 is 1.42 bits per heavy atom. The molecular weight excluding hydrogens is 246 g/mol. The van der Waals surface area contributed by atoms with Crippen LogP contribution in [0, 0.1) is 0 Å². The molecular formula is C13H15N3O3. The third-order valence-electron chi connectivity index (χ3n) is 2.69. The molecule has 0 aliphatic heterocycles. The molecule has 1 aromatic carbocycles. The molecule has 100 valence electrons. The topological polar surface area (TPSA) is 84.1 Å². The van der Waals surface area contributed by atoms with Gasteiger partial charge in [0.25, 0.3) is 5.56 Å². The Hall–Kier alpha value is -2.21. The lowest BCUT2D eigenvalue weighted by Crippen LogP contribution is -2.22. The van der Waals surface area contributed by atoms with Crippen LogP contribution >= 0.6 is 0 Å². The van der Waals surface area contributed by atoms with Crippen molar-refractivity contribution in [2.24, 2.45) is 0 Å². The van der Waals surface area contributed by atoms with Gasteiger partial charge in [0, 0.05) is 6.54 Å². The molecule has 6 heteroatoms. The highest BCUT2D eigenvalue weighted by molar-refractivity contribution is 5.77. The molecule has 0 spiro atoms. The maximum atomic E-state index is 11.8. The number of ether oxygens (including phenoxy) is 1. The molecule has 1 aromatic heterocycles. The molecule has 1 heterocycles. The smallest absolute Gasteiger partial charge is 0.306 e. The third kappa shape index (κ3) is 3.38. The summed E-state index contributed by atoms with van der Waals surface area (Å²) in [5.41, 5.74) is 0.506. The van der Waals surface area contributed by atoms with E-state index in [0.29, 0.717) is 29.8 Å². The summed E-state index contributed by atoms with van der Waals surface area (Å²) in [5.74, 6) is 0.279. The standard InChI is InChI=1S/C13H15N3O3/c1-19-12(17)6-7-14-8-11-15-10-5-3-2-4-9(10)13(18)16-11/h2-5,14H,6-8H2,1H3,(H,15,16,18). The quantitative estimate of drug-likeness (QED) is 0.607. The van der Waals surface area contributed by atoms with Crippen LogP contribution in [0.3, 0.4) is 0 Å². The van der Waals surface area contributed by atoms with E-state index in [2.05, 4.69) is 20.0 Å². The largest absolute Gasteiger partial charge is 0.469 e. The van der Waals surface area contributed by atoms with E-state index < -0.39 is 0 Å². The average molecular weight is 261 g/mol. The van der Waals surface area contributed by atoms with Gasteiger partial charge in [0.05, 0.1) is 31.0 Å². The highest BCUT2D eigenvalue weighted by atomic mass is 16.5. The van der Waals surface area contributed by atoms with Crippen LogP contribution < -0.4 is 10.9 Å². The van der Waals surface area contributed by atoms with Gasteiger partial charge in [-0.1, -0.05) is 12.1 Å². The van der Waals surface area contributed by atoms with Crippen LogP contribution in [0.15, 0.2) is 29.1 Å². The van der Waals surface area contributed by atoms with Gasteiger partial charge in [-0.2, -0.15) is 0 Å². The van der Waals surface area contributed by atoms with Gasteiger partial charge in [0.1, 0.15) is 5.82 Å². The zero-order chi connectivity index (χ0) is 13.7. The lowest BCUT2D eigenvalue weighted by Gasteiger charge is -2.04. The first kappa shape index (κ1) is 13.2. The summed E-state index contributed by atoms with van der Waals surface area (Å²) in [6, 6.07) is 7.16.